The highest BCUT2D eigenvalue weighted by molar-refractivity contribution is 5.97. The molecule has 3 rings (SSSR count). The maximum Gasteiger partial charge on any atom is 0.295 e. The number of benzene rings is 2. The number of nitrogens with two attached hydrogens (primary N) is 1. The molecule has 0 aliphatic heterocycles. The number of carbonyl (C=O) groups is 1. The van der Waals surface area contributed by atoms with E-state index >= 15 is 0 Å². The molecule has 0 aliphatic rings. The molecule has 3 aromatic rings. The molecule has 0 saturated carbocycles. The molecule has 0 radical (unpaired) electrons. The monoisotopic (exact) mass is 379 g/mol. The van der Waals surface area contributed by atoms with Gasteiger partial charge in [0.2, 0.25) is 5.88 Å². The molecule has 0 atom stereocenters. The number of anilines is 1. The first-order valence-electron chi connectivity index (χ1n) is 9.39. The summed E-state index contributed by atoms with van der Waals surface area (Å²) < 4.78 is 1.82. The number of hydrogen-bond acceptors (Lipinski definition) is 5. The molecular formula is C21H25N5O2. The molecule has 0 spiro atoms. The molecule has 7 nitrogen and oxygen atoms in total. The Morgan fingerprint density at radius 1 is 1.11 bits per heavy atom. The number of nitrogen functional groups attached to an aromatic ring is 1. The van der Waals surface area contributed by atoms with Crippen LogP contribution in [0, 0.1) is 0 Å². The van der Waals surface area contributed by atoms with Gasteiger partial charge in [0, 0.05) is 29.7 Å². The van der Waals surface area contributed by atoms with Gasteiger partial charge < -0.3 is 20.3 Å². The van der Waals surface area contributed by atoms with E-state index in [-0.39, 0.29) is 5.88 Å². The third-order valence-electron chi connectivity index (χ3n) is 4.85. The molecular weight excluding hydrogens is 354 g/mol. The maximum absolute atomic E-state index is 12.3. The summed E-state index contributed by atoms with van der Waals surface area (Å²) in [5.74, 6) is -0.471. The fraction of sp³-hybridized carbons (Fsp3) is 0.286. The quantitative estimate of drug-likeness (QED) is 0.475. The second kappa shape index (κ2) is 8.67. The molecule has 0 fully saturated rings. The lowest BCUT2D eigenvalue weighted by Crippen LogP contribution is -2.26. The first-order chi connectivity index (χ1) is 13.5. The van der Waals surface area contributed by atoms with Gasteiger partial charge in [-0.05, 0) is 43.4 Å². The average molecular weight is 379 g/mol. The van der Waals surface area contributed by atoms with Gasteiger partial charge in [0.25, 0.3) is 5.91 Å². The predicted octanol–water partition coefficient (Wildman–Crippen LogP) is 4.20. The SMILES string of the molecule is CCN(CC)CCn1c(O)c(N=NC(=O)c2ccc(N)cc2)c2ccccc21. The van der Waals surface area contributed by atoms with Crippen molar-refractivity contribution in [3.05, 3.63) is 54.1 Å². The molecule has 2 aromatic carbocycles. The predicted molar refractivity (Wildman–Crippen MR) is 111 cm³/mol. The second-order valence-corrected chi connectivity index (χ2v) is 6.50. The summed E-state index contributed by atoms with van der Waals surface area (Å²) >= 11 is 0. The normalized spacial score (nSPS) is 11.7. The Balaban J connectivity index is 1.91. The Hall–Kier alpha value is -3.19. The number of aromatic nitrogens is 1. The van der Waals surface area contributed by atoms with Crippen LogP contribution in [0.3, 0.4) is 0 Å². The minimum absolute atomic E-state index is 0.0159. The molecule has 1 aromatic heterocycles. The standard InChI is InChI=1S/C21H25N5O2/c1-3-25(4-2)13-14-26-18-8-6-5-7-17(18)19(21(26)28)23-24-20(27)15-9-11-16(22)12-10-15/h5-12,28H,3-4,13-14,22H2,1-2H3. The van der Waals surface area contributed by atoms with Gasteiger partial charge in [-0.2, -0.15) is 0 Å². The number of para-hydroxylation sites is 1. The van der Waals surface area contributed by atoms with Crippen LogP contribution in [0.4, 0.5) is 11.4 Å². The number of nitrogens with zero attached hydrogens (tertiary/aromatic N) is 4. The van der Waals surface area contributed by atoms with Crippen molar-refractivity contribution in [3.8, 4) is 5.88 Å². The van der Waals surface area contributed by atoms with Crippen molar-refractivity contribution in [1.29, 1.82) is 0 Å². The topological polar surface area (TPSA) is 96.2 Å². The van der Waals surface area contributed by atoms with Gasteiger partial charge in [0.05, 0.1) is 5.52 Å². The van der Waals surface area contributed by atoms with Gasteiger partial charge in [0.1, 0.15) is 0 Å². The van der Waals surface area contributed by atoms with Crippen LogP contribution in [0.5, 0.6) is 5.88 Å². The zero-order valence-electron chi connectivity index (χ0n) is 16.2. The Kier molecular flexibility index (Phi) is 6.06. The second-order valence-electron chi connectivity index (χ2n) is 6.50. The van der Waals surface area contributed by atoms with Crippen molar-refractivity contribution >= 4 is 28.2 Å². The summed E-state index contributed by atoms with van der Waals surface area (Å²) in [6.45, 7) is 7.53. The fourth-order valence-electron chi connectivity index (χ4n) is 3.16. The van der Waals surface area contributed by atoms with Crippen LogP contribution >= 0.6 is 0 Å². The minimum Gasteiger partial charge on any atom is -0.493 e. The van der Waals surface area contributed by atoms with Crippen molar-refractivity contribution in [2.75, 3.05) is 25.4 Å². The molecule has 7 heteroatoms. The lowest BCUT2D eigenvalue weighted by atomic mass is 10.2. The van der Waals surface area contributed by atoms with Crippen molar-refractivity contribution in [2.24, 2.45) is 10.2 Å². The number of amides is 1. The third-order valence-corrected chi connectivity index (χ3v) is 4.85. The molecule has 3 N–H and O–H groups in total. The first kappa shape index (κ1) is 19.6. The number of hydrogen-bond donors (Lipinski definition) is 2. The van der Waals surface area contributed by atoms with Crippen LogP contribution in [0.2, 0.25) is 0 Å². The summed E-state index contributed by atoms with van der Waals surface area (Å²) in [6.07, 6.45) is 0. The highest BCUT2D eigenvalue weighted by Crippen LogP contribution is 2.38. The molecule has 0 aliphatic carbocycles. The zero-order chi connectivity index (χ0) is 20.1. The molecule has 0 unspecified atom stereocenters. The van der Waals surface area contributed by atoms with Crippen LogP contribution < -0.4 is 5.73 Å². The largest absolute Gasteiger partial charge is 0.493 e. The zero-order valence-corrected chi connectivity index (χ0v) is 16.2. The number of carbonyl (C=O) groups excluding carboxylic acids is 1. The van der Waals surface area contributed by atoms with E-state index in [2.05, 4.69) is 29.0 Å². The van der Waals surface area contributed by atoms with E-state index < -0.39 is 5.91 Å². The van der Waals surface area contributed by atoms with Gasteiger partial charge in [-0.1, -0.05) is 32.0 Å². The number of aromatic hydroxyl groups is 1. The van der Waals surface area contributed by atoms with Crippen LogP contribution in [-0.4, -0.2) is 40.1 Å². The maximum atomic E-state index is 12.3. The molecule has 146 valence electrons. The number of rotatable bonds is 7. The van der Waals surface area contributed by atoms with Gasteiger partial charge >= 0.3 is 0 Å². The Labute approximate surface area is 164 Å². The molecule has 1 amide bonds. The number of fused-ring (bicyclic) bond motifs is 1. The summed E-state index contributed by atoms with van der Waals surface area (Å²) in [6, 6.07) is 14.1. The van der Waals surface area contributed by atoms with E-state index in [1.165, 1.54) is 0 Å². The molecule has 28 heavy (non-hydrogen) atoms. The highest BCUT2D eigenvalue weighted by atomic mass is 16.3. The van der Waals surface area contributed by atoms with E-state index in [4.69, 9.17) is 5.73 Å². The van der Waals surface area contributed by atoms with Crippen LogP contribution in [0.15, 0.2) is 58.8 Å². The third kappa shape index (κ3) is 4.04. The molecule has 0 saturated heterocycles. The number of likely N-dealkylation sites (N-methyl/N-ethyl adjacent to an activating group) is 1. The Bertz CT molecular complexity index is 988. The van der Waals surface area contributed by atoms with E-state index in [0.717, 1.165) is 30.5 Å². The van der Waals surface area contributed by atoms with E-state index in [9.17, 15) is 9.90 Å². The summed E-state index contributed by atoms with van der Waals surface area (Å²) in [4.78, 5) is 14.6. The van der Waals surface area contributed by atoms with Gasteiger partial charge in [-0.15, -0.1) is 10.2 Å². The van der Waals surface area contributed by atoms with Gasteiger partial charge in [-0.25, -0.2) is 0 Å². The summed E-state index contributed by atoms with van der Waals surface area (Å²) in [5, 5.41) is 19.4. The highest BCUT2D eigenvalue weighted by Gasteiger charge is 2.17. The molecule has 1 heterocycles. The van der Waals surface area contributed by atoms with E-state index in [1.54, 1.807) is 24.3 Å². The minimum atomic E-state index is -0.487. The summed E-state index contributed by atoms with van der Waals surface area (Å²) in [5.41, 5.74) is 7.77. The van der Waals surface area contributed by atoms with Crippen LogP contribution in [0.25, 0.3) is 10.9 Å². The smallest absolute Gasteiger partial charge is 0.295 e. The fourth-order valence-corrected chi connectivity index (χ4v) is 3.16. The van der Waals surface area contributed by atoms with Gasteiger partial charge in [0.15, 0.2) is 5.69 Å². The van der Waals surface area contributed by atoms with Crippen molar-refractivity contribution in [2.45, 2.75) is 20.4 Å². The Morgan fingerprint density at radius 2 is 1.79 bits per heavy atom. The van der Waals surface area contributed by atoms with Crippen molar-refractivity contribution in [3.63, 3.8) is 0 Å². The van der Waals surface area contributed by atoms with Crippen LogP contribution in [-0.2, 0) is 6.54 Å². The average Bonchev–Trinajstić information content (AvgIpc) is 2.98. The Morgan fingerprint density at radius 3 is 2.46 bits per heavy atom. The van der Waals surface area contributed by atoms with Crippen LogP contribution in [0.1, 0.15) is 24.2 Å². The van der Waals surface area contributed by atoms with Gasteiger partial charge in [-0.3, -0.25) is 4.79 Å². The number of azo groups is 1. The lowest BCUT2D eigenvalue weighted by molar-refractivity contribution is 0.0995. The van der Waals surface area contributed by atoms with Crippen molar-refractivity contribution in [1.82, 2.24) is 9.47 Å². The first-order valence-corrected chi connectivity index (χ1v) is 9.39. The van der Waals surface area contributed by atoms with E-state index in [1.807, 2.05) is 28.8 Å². The summed E-state index contributed by atoms with van der Waals surface area (Å²) in [7, 11) is 0. The lowest BCUT2D eigenvalue weighted by Gasteiger charge is -2.18. The van der Waals surface area contributed by atoms with E-state index in [0.29, 0.717) is 23.5 Å². The van der Waals surface area contributed by atoms with Crippen molar-refractivity contribution < 1.29 is 9.90 Å². The molecule has 0 bridgehead atoms.